The first-order valence-electron chi connectivity index (χ1n) is 9.46. The molecule has 1 N–H and O–H groups in total. The van der Waals surface area contributed by atoms with E-state index in [0.29, 0.717) is 0 Å². The fourth-order valence-electron chi connectivity index (χ4n) is 3.87. The Balaban J connectivity index is 0.000000687. The molecule has 0 atom stereocenters. The molecule has 3 aromatic carbocycles. The molecule has 0 aliphatic heterocycles. The van der Waals surface area contributed by atoms with Crippen molar-refractivity contribution in [1.82, 2.24) is 0 Å². The number of hydrogen-bond acceptors (Lipinski definition) is 2. The number of hydrogen-bond donors (Lipinski definition) is 1. The van der Waals surface area contributed by atoms with E-state index in [0.717, 1.165) is 0 Å². The predicted octanol–water partition coefficient (Wildman–Crippen LogP) is 5.52. The van der Waals surface area contributed by atoms with Crippen molar-refractivity contribution in [2.24, 2.45) is 0 Å². The zero-order valence-corrected chi connectivity index (χ0v) is 18.7. The van der Waals surface area contributed by atoms with Gasteiger partial charge in [0.05, 0.1) is 0 Å². The van der Waals surface area contributed by atoms with E-state index in [1.54, 1.807) is 0 Å². The van der Waals surface area contributed by atoms with Gasteiger partial charge in [0.15, 0.2) is 14.7 Å². The Hall–Kier alpha value is -2.72. The highest BCUT2D eigenvalue weighted by molar-refractivity contribution is 7.97. The molecule has 0 radical (unpaired) electrons. The van der Waals surface area contributed by atoms with Crippen LogP contribution in [0.2, 0.25) is 0 Å². The second-order valence-corrected chi connectivity index (χ2v) is 9.24. The van der Waals surface area contributed by atoms with Crippen molar-refractivity contribution in [3.8, 4) is 0 Å². The van der Waals surface area contributed by atoms with Gasteiger partial charge in [-0.3, -0.25) is 0 Å². The zero-order valence-electron chi connectivity index (χ0n) is 17.9. The fraction of sp³-hybridized carbons (Fsp3) is 0.240. The fourth-order valence-corrected chi connectivity index (χ4v) is 6.50. The maximum atomic E-state index is 8.44. The minimum atomic E-state index is -2.08. The molecular weight excluding hydrogens is 380 g/mol. The summed E-state index contributed by atoms with van der Waals surface area (Å²) in [5.74, 6) is 0. The van der Waals surface area contributed by atoms with E-state index in [2.05, 4.69) is 96.1 Å². The first-order chi connectivity index (χ1) is 13.6. The van der Waals surface area contributed by atoms with Crippen molar-refractivity contribution >= 4 is 17.1 Å². The molecule has 0 saturated heterocycles. The Bertz CT molecular complexity index is 902. The maximum Gasteiger partial charge on any atom is 0.249 e. The van der Waals surface area contributed by atoms with Gasteiger partial charge in [0.25, 0.3) is 0 Å². The van der Waals surface area contributed by atoms with E-state index in [1.807, 2.05) is 0 Å². The van der Waals surface area contributed by atoms with Crippen LogP contribution in [0, 0.1) is 41.5 Å². The zero-order chi connectivity index (χ0) is 21.7. The molecule has 0 heterocycles. The van der Waals surface area contributed by atoms with Crippen LogP contribution in [0.3, 0.4) is 0 Å². The minimum absolute atomic E-state index is 0.0775. The summed E-state index contributed by atoms with van der Waals surface area (Å²) in [4.78, 5) is 12.8. The third-order valence-electron chi connectivity index (χ3n) is 4.60. The molecule has 3 rings (SSSR count). The summed E-state index contributed by atoms with van der Waals surface area (Å²) in [6, 6.07) is 20.3. The number of carboxylic acid groups (broad SMARTS) is 2. The van der Waals surface area contributed by atoms with Gasteiger partial charge in [-0.15, -0.1) is 0 Å². The maximum absolute atomic E-state index is 8.44. The SMILES string of the molecule is Cc1cc(C)c([S+](c2ccccc2)c2c(C)cc(C)cc2C)c(C)c1.O=C([O-])O. The van der Waals surface area contributed by atoms with Crippen molar-refractivity contribution in [2.75, 3.05) is 0 Å². The topological polar surface area (TPSA) is 60.4 Å². The van der Waals surface area contributed by atoms with E-state index < -0.39 is 6.16 Å². The van der Waals surface area contributed by atoms with Gasteiger partial charge in [0, 0.05) is 22.3 Å². The first kappa shape index (κ1) is 22.6. The number of benzene rings is 3. The molecule has 0 spiro atoms. The highest BCUT2D eigenvalue weighted by Crippen LogP contribution is 2.39. The molecule has 0 amide bonds. The molecule has 152 valence electrons. The quantitative estimate of drug-likeness (QED) is 0.581. The summed E-state index contributed by atoms with van der Waals surface area (Å²) in [6.45, 7) is 13.4. The van der Waals surface area contributed by atoms with Crippen LogP contribution in [-0.2, 0) is 10.9 Å². The third kappa shape index (κ3) is 5.64. The van der Waals surface area contributed by atoms with Gasteiger partial charge >= 0.3 is 0 Å². The van der Waals surface area contributed by atoms with Gasteiger partial charge in [-0.1, -0.05) is 53.6 Å². The smallest absolute Gasteiger partial charge is 0.249 e. The van der Waals surface area contributed by atoms with Gasteiger partial charge in [-0.2, -0.15) is 0 Å². The van der Waals surface area contributed by atoms with E-state index in [-0.39, 0.29) is 10.9 Å². The predicted molar refractivity (Wildman–Crippen MR) is 118 cm³/mol. The molecule has 3 nitrogen and oxygen atoms in total. The van der Waals surface area contributed by atoms with Crippen molar-refractivity contribution in [3.05, 3.63) is 88.0 Å². The van der Waals surface area contributed by atoms with E-state index in [1.165, 1.54) is 48.1 Å². The first-order valence-corrected chi connectivity index (χ1v) is 10.7. The van der Waals surface area contributed by atoms with E-state index in [9.17, 15) is 0 Å². The summed E-state index contributed by atoms with van der Waals surface area (Å²) in [5, 5.41) is 15.3. The summed E-state index contributed by atoms with van der Waals surface area (Å²) >= 11 is 0. The van der Waals surface area contributed by atoms with Crippen molar-refractivity contribution in [1.29, 1.82) is 0 Å². The summed E-state index contributed by atoms with van der Waals surface area (Å²) < 4.78 is 0. The van der Waals surface area contributed by atoms with Crippen molar-refractivity contribution in [2.45, 2.75) is 56.2 Å². The van der Waals surface area contributed by atoms with Crippen LogP contribution in [0.4, 0.5) is 4.79 Å². The van der Waals surface area contributed by atoms with Crippen molar-refractivity contribution < 1.29 is 15.0 Å². The van der Waals surface area contributed by atoms with Gasteiger partial charge < -0.3 is 15.0 Å². The Morgan fingerprint density at radius 1 is 0.724 bits per heavy atom. The van der Waals surface area contributed by atoms with Gasteiger partial charge in [-0.05, 0) is 53.7 Å². The second-order valence-electron chi connectivity index (χ2n) is 7.34. The minimum Gasteiger partial charge on any atom is -0.565 e. The van der Waals surface area contributed by atoms with Crippen molar-refractivity contribution in [3.63, 3.8) is 0 Å². The average molecular weight is 409 g/mol. The Morgan fingerprint density at radius 2 is 1.03 bits per heavy atom. The molecular formula is C25H28O3S. The number of rotatable bonds is 3. The third-order valence-corrected chi connectivity index (χ3v) is 7.44. The molecule has 0 bridgehead atoms. The number of aryl methyl sites for hydroxylation is 6. The van der Waals surface area contributed by atoms with Crippen LogP contribution >= 0.6 is 0 Å². The number of carbonyl (C=O) groups is 1. The monoisotopic (exact) mass is 408 g/mol. The molecule has 0 unspecified atom stereocenters. The highest BCUT2D eigenvalue weighted by atomic mass is 32.2. The Kier molecular flexibility index (Phi) is 7.52. The van der Waals surface area contributed by atoms with Crippen LogP contribution in [-0.4, -0.2) is 11.3 Å². The van der Waals surface area contributed by atoms with E-state index >= 15 is 0 Å². The van der Waals surface area contributed by atoms with Crippen LogP contribution in [0.1, 0.15) is 33.4 Å². The molecule has 0 aromatic heterocycles. The highest BCUT2D eigenvalue weighted by Gasteiger charge is 2.35. The summed E-state index contributed by atoms with van der Waals surface area (Å²) in [6.07, 6.45) is -2.08. The van der Waals surface area contributed by atoms with Crippen LogP contribution in [0.5, 0.6) is 0 Å². The average Bonchev–Trinajstić information content (AvgIpc) is 2.59. The molecule has 0 saturated carbocycles. The lowest BCUT2D eigenvalue weighted by Crippen LogP contribution is -2.17. The van der Waals surface area contributed by atoms with Gasteiger partial charge in [-0.25, -0.2) is 0 Å². The second kappa shape index (κ2) is 9.66. The molecule has 3 aromatic rings. The van der Waals surface area contributed by atoms with E-state index in [4.69, 9.17) is 15.0 Å². The standard InChI is InChI=1S/C24H27S.CH2O3/c1-16-12-18(3)23(19(4)13-16)25(22-10-8-7-9-11-22)24-20(5)14-17(2)15-21(24)6;2-1(3)4/h7-15H,1-6H3;(H2,2,3,4)/q+1;/p-1. The molecule has 0 aliphatic rings. The van der Waals surface area contributed by atoms with Crippen LogP contribution in [0.25, 0.3) is 0 Å². The van der Waals surface area contributed by atoms with Crippen LogP contribution in [0.15, 0.2) is 69.3 Å². The molecule has 0 aliphatic carbocycles. The molecule has 0 fully saturated rings. The summed E-state index contributed by atoms with van der Waals surface area (Å²) in [5.41, 5.74) is 8.25. The Labute approximate surface area is 176 Å². The van der Waals surface area contributed by atoms with Crippen LogP contribution < -0.4 is 5.11 Å². The normalized spacial score (nSPS) is 10.4. The largest absolute Gasteiger partial charge is 0.565 e. The lowest BCUT2D eigenvalue weighted by Gasteiger charge is -2.17. The molecule has 29 heavy (non-hydrogen) atoms. The molecule has 4 heteroatoms. The van der Waals surface area contributed by atoms with Gasteiger partial charge in [0.2, 0.25) is 6.16 Å². The van der Waals surface area contributed by atoms with Gasteiger partial charge in [0.1, 0.15) is 10.9 Å². The summed E-state index contributed by atoms with van der Waals surface area (Å²) in [7, 11) is -0.0775. The lowest BCUT2D eigenvalue weighted by molar-refractivity contribution is -0.275. The Morgan fingerprint density at radius 3 is 1.34 bits per heavy atom. The lowest BCUT2D eigenvalue weighted by atomic mass is 10.1.